The van der Waals surface area contributed by atoms with Crippen molar-refractivity contribution in [3.05, 3.63) is 0 Å². The van der Waals surface area contributed by atoms with Crippen LogP contribution in [0.3, 0.4) is 0 Å². The molecule has 15 heavy (non-hydrogen) atoms. The van der Waals surface area contributed by atoms with Crippen LogP contribution in [0.1, 0.15) is 12.8 Å². The summed E-state index contributed by atoms with van der Waals surface area (Å²) in [4.78, 5) is 14.8. The molecular formula is C10H18N2O3. The second-order valence-electron chi connectivity index (χ2n) is 4.19. The van der Waals surface area contributed by atoms with Crippen molar-refractivity contribution in [3.8, 4) is 0 Å². The molecule has 0 aliphatic carbocycles. The molecule has 2 rings (SSSR count). The van der Waals surface area contributed by atoms with Crippen LogP contribution in [0.5, 0.6) is 0 Å². The smallest absolute Gasteiger partial charge is 0.407 e. The fourth-order valence-electron chi connectivity index (χ4n) is 2.36. The molecule has 86 valence electrons. The van der Waals surface area contributed by atoms with Crippen molar-refractivity contribution in [2.75, 3.05) is 39.4 Å². The Morgan fingerprint density at radius 1 is 1.33 bits per heavy atom. The fraction of sp³-hybridized carbons (Fsp3) is 0.900. The Hall–Kier alpha value is -0.810. The van der Waals surface area contributed by atoms with Gasteiger partial charge >= 0.3 is 6.09 Å². The van der Waals surface area contributed by atoms with Gasteiger partial charge in [-0.25, -0.2) is 4.79 Å². The number of amides is 1. The van der Waals surface area contributed by atoms with Gasteiger partial charge in [0, 0.05) is 32.2 Å². The number of likely N-dealkylation sites (tertiary alicyclic amines) is 1. The molecule has 0 aromatic carbocycles. The van der Waals surface area contributed by atoms with Crippen LogP contribution in [0.2, 0.25) is 0 Å². The van der Waals surface area contributed by atoms with Gasteiger partial charge in [0.05, 0.1) is 13.2 Å². The van der Waals surface area contributed by atoms with Gasteiger partial charge in [0.15, 0.2) is 0 Å². The van der Waals surface area contributed by atoms with E-state index >= 15 is 0 Å². The Labute approximate surface area is 89.6 Å². The summed E-state index contributed by atoms with van der Waals surface area (Å²) in [5, 5.41) is 9.00. The van der Waals surface area contributed by atoms with E-state index in [4.69, 9.17) is 9.84 Å². The van der Waals surface area contributed by atoms with Crippen molar-refractivity contribution >= 4 is 6.09 Å². The molecule has 0 spiro atoms. The van der Waals surface area contributed by atoms with Crippen molar-refractivity contribution < 1.29 is 14.6 Å². The maximum Gasteiger partial charge on any atom is 0.407 e. The van der Waals surface area contributed by atoms with Gasteiger partial charge in [-0.2, -0.15) is 0 Å². The molecule has 1 amide bonds. The monoisotopic (exact) mass is 214 g/mol. The molecular weight excluding hydrogens is 196 g/mol. The maximum atomic E-state index is 10.9. The second kappa shape index (κ2) is 4.81. The summed E-state index contributed by atoms with van der Waals surface area (Å²) in [7, 11) is 0. The van der Waals surface area contributed by atoms with Crippen LogP contribution in [0.4, 0.5) is 4.79 Å². The fourth-order valence-corrected chi connectivity index (χ4v) is 2.36. The molecule has 2 heterocycles. The molecule has 1 N–H and O–H groups in total. The van der Waals surface area contributed by atoms with Gasteiger partial charge < -0.3 is 14.7 Å². The molecule has 0 aromatic rings. The molecule has 0 radical (unpaired) electrons. The standard InChI is InChI=1S/C10H18N2O3/c13-10(14)12-3-1-2-9(12)8-11-4-6-15-7-5-11/h9H,1-8H2,(H,13,14)/t9-/m0/s1. The number of nitrogens with zero attached hydrogens (tertiary/aromatic N) is 2. The Morgan fingerprint density at radius 3 is 2.73 bits per heavy atom. The number of hydrogen-bond acceptors (Lipinski definition) is 3. The first-order valence-electron chi connectivity index (χ1n) is 5.57. The highest BCUT2D eigenvalue weighted by Gasteiger charge is 2.30. The van der Waals surface area contributed by atoms with E-state index in [0.717, 1.165) is 45.7 Å². The average molecular weight is 214 g/mol. The summed E-state index contributed by atoms with van der Waals surface area (Å²) in [5.41, 5.74) is 0. The molecule has 0 aromatic heterocycles. The van der Waals surface area contributed by atoms with Crippen molar-refractivity contribution in [2.45, 2.75) is 18.9 Å². The lowest BCUT2D eigenvalue weighted by Gasteiger charge is -2.31. The van der Waals surface area contributed by atoms with Gasteiger partial charge in [0.2, 0.25) is 0 Å². The minimum absolute atomic E-state index is 0.195. The van der Waals surface area contributed by atoms with Crippen LogP contribution in [0.15, 0.2) is 0 Å². The van der Waals surface area contributed by atoms with E-state index in [1.54, 1.807) is 4.90 Å². The SMILES string of the molecule is O=C(O)N1CCC[C@H]1CN1CCOCC1. The van der Waals surface area contributed by atoms with Gasteiger partial charge in [0.1, 0.15) is 0 Å². The largest absolute Gasteiger partial charge is 0.465 e. The van der Waals surface area contributed by atoms with E-state index in [9.17, 15) is 4.79 Å². The Kier molecular flexibility index (Phi) is 3.43. The van der Waals surface area contributed by atoms with Crippen LogP contribution in [-0.4, -0.2) is 66.4 Å². The molecule has 1 atom stereocenters. The van der Waals surface area contributed by atoms with E-state index < -0.39 is 6.09 Å². The Bertz CT molecular complexity index is 229. The van der Waals surface area contributed by atoms with Crippen LogP contribution in [0, 0.1) is 0 Å². The van der Waals surface area contributed by atoms with E-state index in [1.807, 2.05) is 0 Å². The number of carbonyl (C=O) groups is 1. The molecule has 2 aliphatic rings. The van der Waals surface area contributed by atoms with Gasteiger partial charge in [-0.1, -0.05) is 0 Å². The zero-order valence-electron chi connectivity index (χ0n) is 8.89. The van der Waals surface area contributed by atoms with Gasteiger partial charge in [0.25, 0.3) is 0 Å². The molecule has 2 aliphatic heterocycles. The lowest BCUT2D eigenvalue weighted by Crippen LogP contribution is -2.46. The molecule has 0 unspecified atom stereocenters. The Morgan fingerprint density at radius 2 is 2.07 bits per heavy atom. The first kappa shape index (κ1) is 10.7. The van der Waals surface area contributed by atoms with Crippen molar-refractivity contribution in [1.82, 2.24) is 9.80 Å². The predicted molar refractivity (Wildman–Crippen MR) is 55.0 cm³/mol. The van der Waals surface area contributed by atoms with Gasteiger partial charge in [-0.05, 0) is 12.8 Å². The molecule has 0 saturated carbocycles. The topological polar surface area (TPSA) is 53.0 Å². The normalized spacial score (nSPS) is 28.3. The quantitative estimate of drug-likeness (QED) is 0.725. The van der Waals surface area contributed by atoms with Crippen molar-refractivity contribution in [2.24, 2.45) is 0 Å². The van der Waals surface area contributed by atoms with E-state index in [-0.39, 0.29) is 6.04 Å². The van der Waals surface area contributed by atoms with Gasteiger partial charge in [-0.3, -0.25) is 4.90 Å². The van der Waals surface area contributed by atoms with Crippen LogP contribution in [-0.2, 0) is 4.74 Å². The third-order valence-electron chi connectivity index (χ3n) is 3.20. The summed E-state index contributed by atoms with van der Waals surface area (Å²) < 4.78 is 5.27. The summed E-state index contributed by atoms with van der Waals surface area (Å²) in [6, 6.07) is 0.195. The first-order chi connectivity index (χ1) is 7.27. The van der Waals surface area contributed by atoms with Crippen LogP contribution in [0.25, 0.3) is 0 Å². The van der Waals surface area contributed by atoms with Crippen LogP contribution < -0.4 is 0 Å². The highest BCUT2D eigenvalue weighted by molar-refractivity contribution is 5.65. The Balaban J connectivity index is 1.84. The molecule has 2 fully saturated rings. The highest BCUT2D eigenvalue weighted by atomic mass is 16.5. The van der Waals surface area contributed by atoms with E-state index in [0.29, 0.717) is 6.54 Å². The zero-order chi connectivity index (χ0) is 10.7. The summed E-state index contributed by atoms with van der Waals surface area (Å²) in [6.07, 6.45) is 1.23. The lowest BCUT2D eigenvalue weighted by molar-refractivity contribution is 0.0274. The molecule has 5 nitrogen and oxygen atoms in total. The molecule has 0 bridgehead atoms. The minimum Gasteiger partial charge on any atom is -0.465 e. The van der Waals surface area contributed by atoms with Crippen molar-refractivity contribution in [3.63, 3.8) is 0 Å². The van der Waals surface area contributed by atoms with Crippen LogP contribution >= 0.6 is 0 Å². The summed E-state index contributed by atoms with van der Waals surface area (Å²) in [5.74, 6) is 0. The summed E-state index contributed by atoms with van der Waals surface area (Å²) in [6.45, 7) is 4.99. The maximum absolute atomic E-state index is 10.9. The van der Waals surface area contributed by atoms with Crippen molar-refractivity contribution in [1.29, 1.82) is 0 Å². The number of ether oxygens (including phenoxy) is 1. The highest BCUT2D eigenvalue weighted by Crippen LogP contribution is 2.18. The zero-order valence-corrected chi connectivity index (χ0v) is 8.89. The van der Waals surface area contributed by atoms with E-state index in [2.05, 4.69) is 4.90 Å². The summed E-state index contributed by atoms with van der Waals surface area (Å²) >= 11 is 0. The average Bonchev–Trinajstić information content (AvgIpc) is 2.67. The number of hydrogen-bond donors (Lipinski definition) is 1. The van der Waals surface area contributed by atoms with E-state index in [1.165, 1.54) is 0 Å². The number of morpholine rings is 1. The van der Waals surface area contributed by atoms with Gasteiger partial charge in [-0.15, -0.1) is 0 Å². The third-order valence-corrected chi connectivity index (χ3v) is 3.20. The number of rotatable bonds is 2. The second-order valence-corrected chi connectivity index (χ2v) is 4.19. The first-order valence-corrected chi connectivity index (χ1v) is 5.57. The molecule has 2 saturated heterocycles. The lowest BCUT2D eigenvalue weighted by atomic mass is 10.2. The predicted octanol–water partition coefficient (Wildman–Crippen LogP) is 0.461. The minimum atomic E-state index is -0.772. The molecule has 5 heteroatoms. The number of carboxylic acid groups (broad SMARTS) is 1. The third kappa shape index (κ3) is 2.60.